The Hall–Kier alpha value is -3.36. The van der Waals surface area contributed by atoms with E-state index < -0.39 is 11.7 Å². The molecule has 2 aromatic heterocycles. The lowest BCUT2D eigenvalue weighted by molar-refractivity contribution is -0.137. The summed E-state index contributed by atoms with van der Waals surface area (Å²) < 4.78 is 45.8. The third-order valence-corrected chi connectivity index (χ3v) is 5.14. The van der Waals surface area contributed by atoms with E-state index in [2.05, 4.69) is 15.4 Å². The number of ether oxygens (including phenoxy) is 1. The molecule has 4 rings (SSSR count). The SMILES string of the molecule is CC(NC(=O)c1ccc(Oc2ccc(C(F)(F)F)cc2)c(-c2ccn(C)n2)n1)C1CC1. The van der Waals surface area contributed by atoms with Crippen molar-refractivity contribution >= 4 is 5.91 Å². The number of aryl methyl sites for hydroxylation is 1. The molecule has 1 fully saturated rings. The maximum Gasteiger partial charge on any atom is 0.416 e. The number of hydrogen-bond acceptors (Lipinski definition) is 4. The van der Waals surface area contributed by atoms with Crippen LogP contribution in [0, 0.1) is 5.92 Å². The lowest BCUT2D eigenvalue weighted by atomic mass is 10.2. The van der Waals surface area contributed by atoms with E-state index in [1.54, 1.807) is 30.1 Å². The van der Waals surface area contributed by atoms with Crippen molar-refractivity contribution in [2.45, 2.75) is 32.0 Å². The van der Waals surface area contributed by atoms with E-state index in [4.69, 9.17) is 4.74 Å². The molecule has 0 radical (unpaired) electrons. The lowest BCUT2D eigenvalue weighted by Gasteiger charge is -2.14. The average molecular weight is 430 g/mol. The van der Waals surface area contributed by atoms with E-state index in [-0.39, 0.29) is 29.1 Å². The van der Waals surface area contributed by atoms with Crippen LogP contribution in [0.25, 0.3) is 11.4 Å². The topological polar surface area (TPSA) is 69.0 Å². The van der Waals surface area contributed by atoms with Crippen LogP contribution in [0.15, 0.2) is 48.7 Å². The maximum absolute atomic E-state index is 12.8. The van der Waals surface area contributed by atoms with Gasteiger partial charge in [0, 0.05) is 19.3 Å². The third kappa shape index (κ3) is 4.87. The van der Waals surface area contributed by atoms with E-state index >= 15 is 0 Å². The number of carbonyl (C=O) groups is 1. The largest absolute Gasteiger partial charge is 0.455 e. The Balaban J connectivity index is 1.62. The highest BCUT2D eigenvalue weighted by atomic mass is 19.4. The summed E-state index contributed by atoms with van der Waals surface area (Å²) in [5.74, 6) is 0.705. The van der Waals surface area contributed by atoms with Crippen LogP contribution in [-0.4, -0.2) is 26.7 Å². The smallest absolute Gasteiger partial charge is 0.416 e. The first kappa shape index (κ1) is 20.9. The Morgan fingerprint density at radius 1 is 1.16 bits per heavy atom. The number of aromatic nitrogens is 3. The Bertz CT molecular complexity index is 1090. The van der Waals surface area contributed by atoms with Gasteiger partial charge in [-0.3, -0.25) is 9.48 Å². The van der Waals surface area contributed by atoms with Crippen LogP contribution in [0.5, 0.6) is 11.5 Å². The molecule has 31 heavy (non-hydrogen) atoms. The van der Waals surface area contributed by atoms with Crippen molar-refractivity contribution in [1.29, 1.82) is 0 Å². The van der Waals surface area contributed by atoms with Gasteiger partial charge >= 0.3 is 6.18 Å². The summed E-state index contributed by atoms with van der Waals surface area (Å²) in [6, 6.07) is 9.26. The first-order valence-electron chi connectivity index (χ1n) is 9.88. The lowest BCUT2D eigenvalue weighted by Crippen LogP contribution is -2.34. The van der Waals surface area contributed by atoms with Crippen LogP contribution in [-0.2, 0) is 13.2 Å². The van der Waals surface area contributed by atoms with Crippen molar-refractivity contribution < 1.29 is 22.7 Å². The summed E-state index contributed by atoms with van der Waals surface area (Å²) in [6.45, 7) is 1.97. The zero-order valence-electron chi connectivity index (χ0n) is 17.0. The van der Waals surface area contributed by atoms with Crippen LogP contribution in [0.1, 0.15) is 35.8 Å². The van der Waals surface area contributed by atoms with Crippen molar-refractivity contribution in [3.63, 3.8) is 0 Å². The maximum atomic E-state index is 12.8. The summed E-state index contributed by atoms with van der Waals surface area (Å²) in [6.07, 6.45) is -0.491. The van der Waals surface area contributed by atoms with E-state index in [1.807, 2.05) is 6.92 Å². The number of alkyl halides is 3. The molecule has 0 bridgehead atoms. The Labute approximate surface area is 177 Å². The van der Waals surface area contributed by atoms with Crippen molar-refractivity contribution in [3.8, 4) is 22.9 Å². The molecule has 1 N–H and O–H groups in total. The molecule has 0 spiro atoms. The molecule has 1 amide bonds. The van der Waals surface area contributed by atoms with E-state index in [1.165, 1.54) is 18.2 Å². The van der Waals surface area contributed by atoms with Gasteiger partial charge < -0.3 is 10.1 Å². The van der Waals surface area contributed by atoms with Crippen LogP contribution in [0.2, 0.25) is 0 Å². The molecule has 3 aromatic rings. The van der Waals surface area contributed by atoms with Gasteiger partial charge in [0.2, 0.25) is 0 Å². The Morgan fingerprint density at radius 2 is 1.87 bits per heavy atom. The van der Waals surface area contributed by atoms with Gasteiger partial charge in [0.15, 0.2) is 5.75 Å². The first-order valence-corrected chi connectivity index (χ1v) is 9.88. The zero-order chi connectivity index (χ0) is 22.2. The van der Waals surface area contributed by atoms with E-state index in [0.29, 0.717) is 17.3 Å². The van der Waals surface area contributed by atoms with Gasteiger partial charge in [0.1, 0.15) is 22.8 Å². The summed E-state index contributed by atoms with van der Waals surface area (Å²) >= 11 is 0. The minimum absolute atomic E-state index is 0.0654. The predicted octanol–water partition coefficient (Wildman–Crippen LogP) is 4.82. The second-order valence-electron chi connectivity index (χ2n) is 7.64. The number of benzene rings is 1. The van der Waals surface area contributed by atoms with Crippen LogP contribution in [0.3, 0.4) is 0 Å². The monoisotopic (exact) mass is 430 g/mol. The minimum Gasteiger partial charge on any atom is -0.455 e. The highest BCUT2D eigenvalue weighted by Crippen LogP contribution is 2.35. The molecule has 1 saturated carbocycles. The average Bonchev–Trinajstić information content (AvgIpc) is 3.49. The van der Waals surface area contributed by atoms with Gasteiger partial charge in [0.05, 0.1) is 5.56 Å². The molecular weight excluding hydrogens is 409 g/mol. The molecule has 1 aliphatic rings. The molecule has 162 valence electrons. The molecule has 2 heterocycles. The van der Waals surface area contributed by atoms with E-state index in [0.717, 1.165) is 25.0 Å². The summed E-state index contributed by atoms with van der Waals surface area (Å²) in [5.41, 5.74) is 0.258. The number of nitrogens with zero attached hydrogens (tertiary/aromatic N) is 3. The normalized spacial score (nSPS) is 14.9. The van der Waals surface area contributed by atoms with Gasteiger partial charge in [-0.15, -0.1) is 0 Å². The standard InChI is InChI=1S/C22H21F3N4O2/c1-13(14-3-4-14)26-21(30)18-9-10-19(20(27-18)17-11-12-29(2)28-17)31-16-7-5-15(6-8-16)22(23,24)25/h5-14H,3-4H2,1-2H3,(H,26,30). The van der Waals surface area contributed by atoms with Crippen molar-refractivity contribution in [2.24, 2.45) is 13.0 Å². The van der Waals surface area contributed by atoms with Gasteiger partial charge in [0.25, 0.3) is 5.91 Å². The van der Waals surface area contributed by atoms with Crippen LogP contribution >= 0.6 is 0 Å². The fourth-order valence-corrected chi connectivity index (χ4v) is 3.21. The molecule has 1 atom stereocenters. The van der Waals surface area contributed by atoms with Crippen molar-refractivity contribution in [2.75, 3.05) is 0 Å². The van der Waals surface area contributed by atoms with Gasteiger partial charge in [-0.25, -0.2) is 4.98 Å². The Morgan fingerprint density at radius 3 is 2.45 bits per heavy atom. The fraction of sp³-hybridized carbons (Fsp3) is 0.318. The molecule has 0 saturated heterocycles. The number of pyridine rings is 1. The quantitative estimate of drug-likeness (QED) is 0.609. The van der Waals surface area contributed by atoms with Crippen LogP contribution in [0.4, 0.5) is 13.2 Å². The molecule has 6 nitrogen and oxygen atoms in total. The van der Waals surface area contributed by atoms with Gasteiger partial charge in [-0.2, -0.15) is 18.3 Å². The second-order valence-corrected chi connectivity index (χ2v) is 7.64. The summed E-state index contributed by atoms with van der Waals surface area (Å²) in [7, 11) is 1.74. The first-order chi connectivity index (χ1) is 14.7. The fourth-order valence-electron chi connectivity index (χ4n) is 3.21. The molecule has 9 heteroatoms. The number of amides is 1. The zero-order valence-corrected chi connectivity index (χ0v) is 17.0. The molecule has 1 unspecified atom stereocenters. The second kappa shape index (κ2) is 8.05. The highest BCUT2D eigenvalue weighted by Gasteiger charge is 2.31. The number of nitrogens with one attached hydrogen (secondary N) is 1. The van der Waals surface area contributed by atoms with E-state index in [9.17, 15) is 18.0 Å². The summed E-state index contributed by atoms with van der Waals surface area (Å²) in [5, 5.41) is 7.28. The number of halogens is 3. The van der Waals surface area contributed by atoms with Crippen molar-refractivity contribution in [3.05, 3.63) is 59.9 Å². The molecule has 0 aliphatic heterocycles. The number of rotatable bonds is 6. The Kier molecular flexibility index (Phi) is 5.43. The van der Waals surface area contributed by atoms with Gasteiger partial charge in [-0.05, 0) is 68.1 Å². The van der Waals surface area contributed by atoms with Crippen molar-refractivity contribution in [1.82, 2.24) is 20.1 Å². The third-order valence-electron chi connectivity index (χ3n) is 5.14. The number of carbonyl (C=O) groups excluding carboxylic acids is 1. The molecule has 1 aliphatic carbocycles. The minimum atomic E-state index is -4.42. The van der Waals surface area contributed by atoms with Gasteiger partial charge in [-0.1, -0.05) is 0 Å². The highest BCUT2D eigenvalue weighted by molar-refractivity contribution is 5.93. The predicted molar refractivity (Wildman–Crippen MR) is 108 cm³/mol. The number of hydrogen-bond donors (Lipinski definition) is 1. The van der Waals surface area contributed by atoms with Crippen LogP contribution < -0.4 is 10.1 Å². The summed E-state index contributed by atoms with van der Waals surface area (Å²) in [4.78, 5) is 17.1. The molecular formula is C22H21F3N4O2. The molecule has 1 aromatic carbocycles.